The molecule has 0 unspecified atom stereocenters. The average Bonchev–Trinajstić information content (AvgIpc) is 2.34. The molecule has 0 atom stereocenters. The van der Waals surface area contributed by atoms with Gasteiger partial charge in [0, 0.05) is 32.5 Å². The minimum absolute atomic E-state index is 0.571. The summed E-state index contributed by atoms with van der Waals surface area (Å²) >= 11 is 10.7. The standard InChI is InChI=1S/C13H17Br3N2/c1-2-18-5-3-10(4-6-18)17-13-11(15)7-9(14)8-12(13)16/h7-8,10,17H,2-6H2,1H3. The van der Waals surface area contributed by atoms with E-state index in [1.54, 1.807) is 0 Å². The van der Waals surface area contributed by atoms with Gasteiger partial charge in [0.1, 0.15) is 0 Å². The van der Waals surface area contributed by atoms with E-state index < -0.39 is 0 Å². The van der Waals surface area contributed by atoms with E-state index in [1.165, 1.54) is 32.5 Å². The maximum atomic E-state index is 3.65. The molecule has 18 heavy (non-hydrogen) atoms. The smallest absolute Gasteiger partial charge is 0.0631 e. The van der Waals surface area contributed by atoms with Crippen LogP contribution < -0.4 is 5.32 Å². The zero-order chi connectivity index (χ0) is 13.1. The SMILES string of the molecule is CCN1CCC(Nc2c(Br)cc(Br)cc2Br)CC1. The number of benzene rings is 1. The maximum Gasteiger partial charge on any atom is 0.0631 e. The lowest BCUT2D eigenvalue weighted by atomic mass is 10.0. The molecule has 1 aliphatic rings. The first-order valence-electron chi connectivity index (χ1n) is 6.23. The third kappa shape index (κ3) is 3.71. The Morgan fingerprint density at radius 3 is 2.22 bits per heavy atom. The van der Waals surface area contributed by atoms with Gasteiger partial charge in [-0.15, -0.1) is 0 Å². The highest BCUT2D eigenvalue weighted by molar-refractivity contribution is 9.11. The molecule has 100 valence electrons. The largest absolute Gasteiger partial charge is 0.380 e. The predicted molar refractivity (Wildman–Crippen MR) is 88.3 cm³/mol. The second-order valence-corrected chi connectivity index (χ2v) is 7.22. The number of nitrogens with one attached hydrogen (secondary N) is 1. The van der Waals surface area contributed by atoms with E-state index in [2.05, 4.69) is 77.1 Å². The van der Waals surface area contributed by atoms with Crippen LogP contribution in [0, 0.1) is 0 Å². The lowest BCUT2D eigenvalue weighted by molar-refractivity contribution is 0.229. The topological polar surface area (TPSA) is 15.3 Å². The Kier molecular flexibility index (Phi) is 5.54. The minimum Gasteiger partial charge on any atom is -0.380 e. The number of hydrogen-bond acceptors (Lipinski definition) is 2. The van der Waals surface area contributed by atoms with Crippen LogP contribution in [0.1, 0.15) is 19.8 Å². The third-order valence-electron chi connectivity index (χ3n) is 3.39. The second kappa shape index (κ2) is 6.73. The lowest BCUT2D eigenvalue weighted by Gasteiger charge is -2.32. The number of piperidine rings is 1. The van der Waals surface area contributed by atoms with Crippen molar-refractivity contribution in [1.82, 2.24) is 4.90 Å². The number of likely N-dealkylation sites (tertiary alicyclic amines) is 1. The molecule has 1 saturated heterocycles. The first kappa shape index (κ1) is 14.8. The van der Waals surface area contributed by atoms with Crippen LogP contribution >= 0.6 is 47.8 Å². The molecule has 1 fully saturated rings. The molecule has 1 aliphatic heterocycles. The van der Waals surface area contributed by atoms with Crippen LogP contribution in [0.25, 0.3) is 0 Å². The number of nitrogens with zero attached hydrogens (tertiary/aromatic N) is 1. The van der Waals surface area contributed by atoms with E-state index >= 15 is 0 Å². The van der Waals surface area contributed by atoms with Gasteiger partial charge in [-0.05, 0) is 63.4 Å². The molecule has 0 radical (unpaired) electrons. The van der Waals surface area contributed by atoms with Gasteiger partial charge in [0.05, 0.1) is 5.69 Å². The monoisotopic (exact) mass is 438 g/mol. The van der Waals surface area contributed by atoms with Crippen molar-refractivity contribution in [3.8, 4) is 0 Å². The quantitative estimate of drug-likeness (QED) is 0.721. The minimum atomic E-state index is 0.571. The summed E-state index contributed by atoms with van der Waals surface area (Å²) in [6, 6.07) is 4.73. The Morgan fingerprint density at radius 2 is 1.72 bits per heavy atom. The van der Waals surface area contributed by atoms with E-state index in [0.29, 0.717) is 6.04 Å². The molecule has 0 aliphatic carbocycles. The summed E-state index contributed by atoms with van der Waals surface area (Å²) in [5.41, 5.74) is 1.16. The van der Waals surface area contributed by atoms with Gasteiger partial charge in [-0.25, -0.2) is 0 Å². The Labute approximate surface area is 134 Å². The number of halogens is 3. The zero-order valence-corrected chi connectivity index (χ0v) is 15.1. The molecule has 2 nitrogen and oxygen atoms in total. The first-order valence-corrected chi connectivity index (χ1v) is 8.61. The summed E-state index contributed by atoms with van der Waals surface area (Å²) in [6.07, 6.45) is 2.42. The molecule has 0 aromatic heterocycles. The molecular weight excluding hydrogens is 424 g/mol. The molecule has 0 spiro atoms. The van der Waals surface area contributed by atoms with Gasteiger partial charge < -0.3 is 10.2 Å². The normalized spacial score (nSPS) is 18.0. The Balaban J connectivity index is 2.02. The molecule has 1 aromatic rings. The van der Waals surface area contributed by atoms with Gasteiger partial charge in [0.2, 0.25) is 0 Å². The molecule has 2 rings (SSSR count). The van der Waals surface area contributed by atoms with Gasteiger partial charge in [0.25, 0.3) is 0 Å². The van der Waals surface area contributed by atoms with Crippen molar-refractivity contribution < 1.29 is 0 Å². The predicted octanol–water partition coefficient (Wildman–Crippen LogP) is 4.87. The van der Waals surface area contributed by atoms with Crippen LogP contribution in [0.3, 0.4) is 0 Å². The highest BCUT2D eigenvalue weighted by Crippen LogP contribution is 2.35. The first-order chi connectivity index (χ1) is 8.60. The summed E-state index contributed by atoms with van der Waals surface area (Å²) in [7, 11) is 0. The Morgan fingerprint density at radius 1 is 1.17 bits per heavy atom. The molecule has 1 N–H and O–H groups in total. The molecule has 0 amide bonds. The van der Waals surface area contributed by atoms with Crippen molar-refractivity contribution >= 4 is 53.5 Å². The molecule has 5 heteroatoms. The van der Waals surface area contributed by atoms with Gasteiger partial charge in [-0.3, -0.25) is 0 Å². The van der Waals surface area contributed by atoms with Crippen LogP contribution in [-0.2, 0) is 0 Å². The van der Waals surface area contributed by atoms with Gasteiger partial charge in [0.15, 0.2) is 0 Å². The second-order valence-electron chi connectivity index (χ2n) is 4.60. The Bertz CT molecular complexity index is 392. The van der Waals surface area contributed by atoms with Crippen LogP contribution in [-0.4, -0.2) is 30.6 Å². The van der Waals surface area contributed by atoms with Crippen molar-refractivity contribution in [2.75, 3.05) is 25.0 Å². The van der Waals surface area contributed by atoms with Crippen LogP contribution in [0.5, 0.6) is 0 Å². The van der Waals surface area contributed by atoms with E-state index in [9.17, 15) is 0 Å². The van der Waals surface area contributed by atoms with Crippen molar-refractivity contribution in [3.05, 3.63) is 25.6 Å². The van der Waals surface area contributed by atoms with Gasteiger partial charge >= 0.3 is 0 Å². The van der Waals surface area contributed by atoms with Gasteiger partial charge in [-0.2, -0.15) is 0 Å². The molecular formula is C13H17Br3N2. The van der Waals surface area contributed by atoms with Crippen molar-refractivity contribution in [1.29, 1.82) is 0 Å². The summed E-state index contributed by atoms with van der Waals surface area (Å²) in [6.45, 7) is 5.79. The van der Waals surface area contributed by atoms with Crippen molar-refractivity contribution in [2.45, 2.75) is 25.8 Å². The third-order valence-corrected chi connectivity index (χ3v) is 5.10. The van der Waals surface area contributed by atoms with Crippen LogP contribution in [0.2, 0.25) is 0 Å². The summed E-state index contributed by atoms with van der Waals surface area (Å²) in [5, 5.41) is 3.65. The number of rotatable bonds is 3. The van der Waals surface area contributed by atoms with E-state index in [0.717, 1.165) is 19.1 Å². The lowest BCUT2D eigenvalue weighted by Crippen LogP contribution is -2.38. The number of hydrogen-bond donors (Lipinski definition) is 1. The van der Waals surface area contributed by atoms with E-state index in [1.807, 2.05) is 0 Å². The Hall–Kier alpha value is 0.420. The van der Waals surface area contributed by atoms with Crippen LogP contribution in [0.15, 0.2) is 25.6 Å². The summed E-state index contributed by atoms with van der Waals surface area (Å²) in [4.78, 5) is 2.50. The molecule has 1 heterocycles. The van der Waals surface area contributed by atoms with Crippen LogP contribution in [0.4, 0.5) is 5.69 Å². The average molecular weight is 441 g/mol. The van der Waals surface area contributed by atoms with Gasteiger partial charge in [-0.1, -0.05) is 22.9 Å². The molecule has 0 bridgehead atoms. The highest BCUT2D eigenvalue weighted by Gasteiger charge is 2.19. The van der Waals surface area contributed by atoms with Crippen molar-refractivity contribution in [2.24, 2.45) is 0 Å². The summed E-state index contributed by atoms with van der Waals surface area (Å²) in [5.74, 6) is 0. The van der Waals surface area contributed by atoms with E-state index in [4.69, 9.17) is 0 Å². The van der Waals surface area contributed by atoms with Crippen molar-refractivity contribution in [3.63, 3.8) is 0 Å². The fraction of sp³-hybridized carbons (Fsp3) is 0.538. The van der Waals surface area contributed by atoms with E-state index in [-0.39, 0.29) is 0 Å². The fourth-order valence-corrected chi connectivity index (χ4v) is 4.77. The molecule has 0 saturated carbocycles. The molecule has 1 aromatic carbocycles. The zero-order valence-electron chi connectivity index (χ0n) is 10.3. The highest BCUT2D eigenvalue weighted by atomic mass is 79.9. The fourth-order valence-electron chi connectivity index (χ4n) is 2.28. The number of anilines is 1. The maximum absolute atomic E-state index is 3.65. The summed E-state index contributed by atoms with van der Waals surface area (Å²) < 4.78 is 3.27.